The van der Waals surface area contributed by atoms with Gasteiger partial charge in [-0.3, -0.25) is 0 Å². The predicted molar refractivity (Wildman–Crippen MR) is 45.4 cm³/mol. The second-order valence-electron chi connectivity index (χ2n) is 4.39. The molecule has 1 nitrogen and oxygen atoms in total. The van der Waals surface area contributed by atoms with E-state index in [1.165, 1.54) is 0 Å². The van der Waals surface area contributed by atoms with Gasteiger partial charge in [-0.25, -0.2) is 0 Å². The van der Waals surface area contributed by atoms with Crippen molar-refractivity contribution in [3.63, 3.8) is 0 Å². The van der Waals surface area contributed by atoms with Gasteiger partial charge in [-0.1, -0.05) is 20.8 Å². The van der Waals surface area contributed by atoms with E-state index in [1.807, 2.05) is 20.8 Å². The lowest BCUT2D eigenvalue weighted by atomic mass is 9.86. The molecule has 80 valence electrons. The molecule has 0 radical (unpaired) electrons. The molecule has 0 aromatic heterocycles. The lowest BCUT2D eigenvalue weighted by Crippen LogP contribution is -2.26. The fourth-order valence-corrected chi connectivity index (χ4v) is 0.929. The van der Waals surface area contributed by atoms with Crippen LogP contribution < -0.4 is 0 Å². The van der Waals surface area contributed by atoms with Gasteiger partial charge < -0.3 is 5.11 Å². The number of alkyl halides is 3. The Kier molecular flexibility index (Phi) is 4.23. The molecule has 13 heavy (non-hydrogen) atoms. The summed E-state index contributed by atoms with van der Waals surface area (Å²) in [7, 11) is 0. The molecule has 0 fully saturated rings. The summed E-state index contributed by atoms with van der Waals surface area (Å²) < 4.78 is 35.2. The summed E-state index contributed by atoms with van der Waals surface area (Å²) in [6.07, 6.45) is -5.35. The summed E-state index contributed by atoms with van der Waals surface area (Å²) in [6, 6.07) is 0. The van der Waals surface area contributed by atoms with E-state index in [-0.39, 0.29) is 18.3 Å². The predicted octanol–water partition coefficient (Wildman–Crippen LogP) is 3.13. The molecule has 1 atom stereocenters. The lowest BCUT2D eigenvalue weighted by Gasteiger charge is -2.25. The third kappa shape index (κ3) is 6.87. The zero-order valence-electron chi connectivity index (χ0n) is 8.28. The van der Waals surface area contributed by atoms with Crippen molar-refractivity contribution in [2.45, 2.75) is 52.3 Å². The van der Waals surface area contributed by atoms with Crippen molar-refractivity contribution in [2.24, 2.45) is 5.41 Å². The van der Waals surface area contributed by atoms with E-state index in [4.69, 9.17) is 0 Å². The summed E-state index contributed by atoms with van der Waals surface area (Å²) in [4.78, 5) is 0. The van der Waals surface area contributed by atoms with E-state index in [0.29, 0.717) is 0 Å². The van der Waals surface area contributed by atoms with Crippen molar-refractivity contribution < 1.29 is 18.3 Å². The van der Waals surface area contributed by atoms with Gasteiger partial charge in [0.1, 0.15) is 0 Å². The van der Waals surface area contributed by atoms with Crippen LogP contribution in [-0.2, 0) is 0 Å². The Hall–Kier alpha value is -0.250. The molecule has 0 heterocycles. The summed E-state index contributed by atoms with van der Waals surface area (Å²) in [5, 5.41) is 9.42. The van der Waals surface area contributed by atoms with Crippen molar-refractivity contribution in [1.29, 1.82) is 0 Å². The Morgan fingerprint density at radius 1 is 1.15 bits per heavy atom. The van der Waals surface area contributed by atoms with Gasteiger partial charge in [0.25, 0.3) is 0 Å². The molecule has 0 bridgehead atoms. The summed E-state index contributed by atoms with van der Waals surface area (Å²) in [6.45, 7) is 5.43. The van der Waals surface area contributed by atoms with Crippen LogP contribution in [-0.4, -0.2) is 17.4 Å². The monoisotopic (exact) mass is 198 g/mol. The Morgan fingerprint density at radius 3 is 1.92 bits per heavy atom. The largest absolute Gasteiger partial charge is 0.393 e. The highest BCUT2D eigenvalue weighted by Crippen LogP contribution is 2.27. The Labute approximate surface area is 76.9 Å². The molecule has 0 aromatic carbocycles. The molecule has 0 amide bonds. The van der Waals surface area contributed by atoms with Crippen LogP contribution in [0.15, 0.2) is 0 Å². The average Bonchev–Trinajstić information content (AvgIpc) is 1.82. The number of halogens is 3. The zero-order valence-corrected chi connectivity index (χ0v) is 8.28. The second-order valence-corrected chi connectivity index (χ2v) is 4.39. The second kappa shape index (κ2) is 4.31. The number of rotatable bonds is 3. The van der Waals surface area contributed by atoms with E-state index in [1.54, 1.807) is 0 Å². The molecule has 0 spiro atoms. The Bertz CT molecular complexity index is 146. The Morgan fingerprint density at radius 2 is 1.62 bits per heavy atom. The molecule has 4 heteroatoms. The molecule has 0 aliphatic carbocycles. The fraction of sp³-hybridized carbons (Fsp3) is 1.00. The van der Waals surface area contributed by atoms with Crippen LogP contribution in [0, 0.1) is 5.41 Å². The molecule has 0 aliphatic heterocycles. The summed E-state index contributed by atoms with van der Waals surface area (Å²) >= 11 is 0. The van der Waals surface area contributed by atoms with Crippen molar-refractivity contribution in [2.75, 3.05) is 0 Å². The minimum atomic E-state index is -4.10. The lowest BCUT2D eigenvalue weighted by molar-refractivity contribution is -0.137. The molecule has 1 N–H and O–H groups in total. The number of hydrogen-bond donors (Lipinski definition) is 1. The van der Waals surface area contributed by atoms with Gasteiger partial charge in [-0.2, -0.15) is 13.2 Å². The number of aliphatic hydroxyl groups excluding tert-OH is 1. The standard InChI is InChI=1S/C9H17F3O/c1-8(2,3)7(13)5-4-6-9(10,11)12/h7,13H,4-6H2,1-3H3. The molecule has 0 saturated carbocycles. The van der Waals surface area contributed by atoms with Crippen LogP contribution in [0.25, 0.3) is 0 Å². The van der Waals surface area contributed by atoms with Gasteiger partial charge in [0.2, 0.25) is 0 Å². The molecule has 0 saturated heterocycles. The maximum absolute atomic E-state index is 11.7. The van der Waals surface area contributed by atoms with Crippen LogP contribution in [0.1, 0.15) is 40.0 Å². The van der Waals surface area contributed by atoms with Crippen LogP contribution in [0.3, 0.4) is 0 Å². The van der Waals surface area contributed by atoms with Crippen LogP contribution >= 0.6 is 0 Å². The van der Waals surface area contributed by atoms with Crippen molar-refractivity contribution in [3.05, 3.63) is 0 Å². The third-order valence-electron chi connectivity index (χ3n) is 1.94. The van der Waals surface area contributed by atoms with Crippen LogP contribution in [0.4, 0.5) is 13.2 Å². The minimum Gasteiger partial charge on any atom is -0.393 e. The Balaban J connectivity index is 3.67. The first-order valence-corrected chi connectivity index (χ1v) is 4.38. The van der Waals surface area contributed by atoms with E-state index < -0.39 is 18.7 Å². The van der Waals surface area contributed by atoms with Gasteiger partial charge in [-0.05, 0) is 18.3 Å². The highest BCUT2D eigenvalue weighted by Gasteiger charge is 2.28. The van der Waals surface area contributed by atoms with E-state index in [2.05, 4.69) is 0 Å². The zero-order chi connectivity index (χ0) is 10.7. The maximum Gasteiger partial charge on any atom is 0.389 e. The first-order chi connectivity index (χ1) is 5.63. The van der Waals surface area contributed by atoms with Gasteiger partial charge in [0.05, 0.1) is 6.10 Å². The first kappa shape index (κ1) is 12.8. The van der Waals surface area contributed by atoms with Gasteiger partial charge in [-0.15, -0.1) is 0 Å². The molecular formula is C9H17F3O. The van der Waals surface area contributed by atoms with Gasteiger partial charge >= 0.3 is 6.18 Å². The van der Waals surface area contributed by atoms with E-state index >= 15 is 0 Å². The number of aliphatic hydroxyl groups is 1. The van der Waals surface area contributed by atoms with Crippen LogP contribution in [0.5, 0.6) is 0 Å². The smallest absolute Gasteiger partial charge is 0.389 e. The first-order valence-electron chi connectivity index (χ1n) is 4.38. The third-order valence-corrected chi connectivity index (χ3v) is 1.94. The average molecular weight is 198 g/mol. The highest BCUT2D eigenvalue weighted by molar-refractivity contribution is 4.72. The van der Waals surface area contributed by atoms with E-state index in [0.717, 1.165) is 0 Å². The number of hydrogen-bond acceptors (Lipinski definition) is 1. The van der Waals surface area contributed by atoms with E-state index in [9.17, 15) is 18.3 Å². The summed E-state index contributed by atoms with van der Waals surface area (Å²) in [5.74, 6) is 0. The molecule has 0 rings (SSSR count). The molecule has 1 unspecified atom stereocenters. The van der Waals surface area contributed by atoms with Crippen molar-refractivity contribution in [1.82, 2.24) is 0 Å². The quantitative estimate of drug-likeness (QED) is 0.738. The van der Waals surface area contributed by atoms with Gasteiger partial charge in [0, 0.05) is 6.42 Å². The van der Waals surface area contributed by atoms with Gasteiger partial charge in [0.15, 0.2) is 0 Å². The molecule has 0 aromatic rings. The van der Waals surface area contributed by atoms with Crippen molar-refractivity contribution in [3.8, 4) is 0 Å². The summed E-state index contributed by atoms with van der Waals surface area (Å²) in [5.41, 5.74) is -0.328. The highest BCUT2D eigenvalue weighted by atomic mass is 19.4. The minimum absolute atomic E-state index is 0.00192. The van der Waals surface area contributed by atoms with Crippen molar-refractivity contribution >= 4 is 0 Å². The normalized spacial score (nSPS) is 15.9. The maximum atomic E-state index is 11.7. The van der Waals surface area contributed by atoms with Crippen LogP contribution in [0.2, 0.25) is 0 Å². The topological polar surface area (TPSA) is 20.2 Å². The SMILES string of the molecule is CC(C)(C)C(O)CCCC(F)(F)F. The fourth-order valence-electron chi connectivity index (χ4n) is 0.929. The molecular weight excluding hydrogens is 181 g/mol. The molecule has 0 aliphatic rings.